The summed E-state index contributed by atoms with van der Waals surface area (Å²) in [7, 11) is 0. The van der Waals surface area contributed by atoms with E-state index in [1.54, 1.807) is 18.2 Å². The molecule has 0 radical (unpaired) electrons. The van der Waals surface area contributed by atoms with Gasteiger partial charge in [0.05, 0.1) is 41.3 Å². The lowest BCUT2D eigenvalue weighted by Gasteiger charge is -2.15. The van der Waals surface area contributed by atoms with Crippen molar-refractivity contribution in [3.8, 4) is 39.5 Å². The molecule has 40 heavy (non-hydrogen) atoms. The van der Waals surface area contributed by atoms with Gasteiger partial charge >= 0.3 is 0 Å². The Balaban J connectivity index is 1.68. The van der Waals surface area contributed by atoms with Gasteiger partial charge in [0.25, 0.3) is 0 Å². The number of pyridine rings is 2. The molecule has 4 rings (SSSR count). The zero-order chi connectivity index (χ0) is 28.5. The lowest BCUT2D eigenvalue weighted by molar-refractivity contribution is 0.290. The minimum Gasteiger partial charge on any atom is -0.478 e. The van der Waals surface area contributed by atoms with Crippen LogP contribution in [-0.2, 0) is 13.1 Å². The van der Waals surface area contributed by atoms with Crippen LogP contribution in [0.15, 0.2) is 60.7 Å². The van der Waals surface area contributed by atoms with Gasteiger partial charge in [0.1, 0.15) is 0 Å². The largest absolute Gasteiger partial charge is 0.478 e. The molecule has 0 saturated heterocycles. The molecule has 0 aliphatic heterocycles. The van der Waals surface area contributed by atoms with Crippen molar-refractivity contribution in [2.24, 2.45) is 0 Å². The summed E-state index contributed by atoms with van der Waals surface area (Å²) in [4.78, 5) is 8.86. The average molecular weight is 586 g/mol. The highest BCUT2D eigenvalue weighted by molar-refractivity contribution is 6.39. The molecular formula is C30H31Cl2FN4O3. The number of rotatable bonds is 13. The predicted molar refractivity (Wildman–Crippen MR) is 157 cm³/mol. The Morgan fingerprint density at radius 2 is 1.23 bits per heavy atom. The molecule has 4 aromatic rings. The molecular weight excluding hydrogens is 554 g/mol. The van der Waals surface area contributed by atoms with E-state index in [4.69, 9.17) is 43.1 Å². The van der Waals surface area contributed by atoms with Gasteiger partial charge in [-0.3, -0.25) is 0 Å². The molecule has 2 heterocycles. The Kier molecular flexibility index (Phi) is 10.8. The first-order chi connectivity index (χ1) is 19.5. The highest BCUT2D eigenvalue weighted by Gasteiger charge is 2.18. The molecule has 0 saturated carbocycles. The van der Waals surface area contributed by atoms with E-state index < -0.39 is 5.95 Å². The number of nitrogens with one attached hydrogen (secondary N) is 2. The number of aliphatic hydroxyl groups is 2. The van der Waals surface area contributed by atoms with Crippen molar-refractivity contribution in [2.45, 2.75) is 20.0 Å². The van der Waals surface area contributed by atoms with E-state index in [1.165, 1.54) is 0 Å². The Morgan fingerprint density at radius 1 is 0.725 bits per heavy atom. The van der Waals surface area contributed by atoms with Crippen LogP contribution in [0, 0.1) is 5.95 Å². The van der Waals surface area contributed by atoms with E-state index in [-0.39, 0.29) is 19.8 Å². The first-order valence-electron chi connectivity index (χ1n) is 13.0. The van der Waals surface area contributed by atoms with Gasteiger partial charge in [0, 0.05) is 59.6 Å². The van der Waals surface area contributed by atoms with Crippen LogP contribution in [0.5, 0.6) is 5.88 Å². The topological polar surface area (TPSA) is 99.5 Å². The van der Waals surface area contributed by atoms with E-state index in [1.807, 2.05) is 49.4 Å². The molecule has 10 heteroatoms. The summed E-state index contributed by atoms with van der Waals surface area (Å²) in [6.07, 6.45) is 0. The number of ether oxygens (including phenoxy) is 1. The minimum absolute atomic E-state index is 0.0305. The monoisotopic (exact) mass is 584 g/mol. The van der Waals surface area contributed by atoms with Crippen LogP contribution in [0.3, 0.4) is 0 Å². The molecule has 0 aliphatic carbocycles. The van der Waals surface area contributed by atoms with Crippen molar-refractivity contribution in [3.63, 3.8) is 0 Å². The second-order valence-electron chi connectivity index (χ2n) is 8.88. The molecule has 7 nitrogen and oxygen atoms in total. The standard InChI is InChI=1S/C30H31Cl2FN4O3/c1-2-40-30-20(18-35-14-16-39)10-12-26(37-30)24-8-4-6-22(28(24)32)21-5-3-7-23(27(21)31)25-11-9-19(29(33)36-25)17-34-13-15-38/h3-12,34-35,38-39H,2,13-18H2,1H3. The molecule has 0 aliphatic rings. The average Bonchev–Trinajstić information content (AvgIpc) is 2.95. The van der Waals surface area contributed by atoms with Crippen LogP contribution in [0.2, 0.25) is 10.0 Å². The Bertz CT molecular complexity index is 1450. The van der Waals surface area contributed by atoms with E-state index in [0.29, 0.717) is 81.4 Å². The van der Waals surface area contributed by atoms with Crippen LogP contribution >= 0.6 is 23.2 Å². The number of aliphatic hydroxyl groups excluding tert-OH is 2. The van der Waals surface area contributed by atoms with Gasteiger partial charge in [-0.15, -0.1) is 0 Å². The lowest BCUT2D eigenvalue weighted by Crippen LogP contribution is -2.18. The molecule has 0 unspecified atom stereocenters. The molecule has 0 fully saturated rings. The van der Waals surface area contributed by atoms with Crippen molar-refractivity contribution >= 4 is 23.2 Å². The zero-order valence-electron chi connectivity index (χ0n) is 22.1. The van der Waals surface area contributed by atoms with E-state index in [9.17, 15) is 4.39 Å². The van der Waals surface area contributed by atoms with Gasteiger partial charge in [0.15, 0.2) is 0 Å². The Morgan fingerprint density at radius 3 is 1.75 bits per heavy atom. The van der Waals surface area contributed by atoms with Crippen LogP contribution in [0.25, 0.3) is 33.6 Å². The fourth-order valence-corrected chi connectivity index (χ4v) is 4.89. The number of hydrogen-bond donors (Lipinski definition) is 4. The number of benzene rings is 2. The molecule has 2 aromatic heterocycles. The first-order valence-corrected chi connectivity index (χ1v) is 13.7. The van der Waals surface area contributed by atoms with Crippen molar-refractivity contribution < 1.29 is 19.3 Å². The predicted octanol–water partition coefficient (Wildman–Crippen LogP) is 5.49. The maximum Gasteiger partial charge on any atom is 0.218 e. The second-order valence-corrected chi connectivity index (χ2v) is 9.63. The van der Waals surface area contributed by atoms with Crippen molar-refractivity contribution in [1.29, 1.82) is 0 Å². The Labute approximate surface area is 243 Å². The fraction of sp³-hybridized carbons (Fsp3) is 0.267. The fourth-order valence-electron chi connectivity index (χ4n) is 4.24. The first kappa shape index (κ1) is 29.9. The molecule has 0 spiro atoms. The van der Waals surface area contributed by atoms with E-state index in [2.05, 4.69) is 15.6 Å². The van der Waals surface area contributed by atoms with Gasteiger partial charge in [-0.25, -0.2) is 9.97 Å². The molecule has 0 atom stereocenters. The molecule has 2 aromatic carbocycles. The highest BCUT2D eigenvalue weighted by Crippen LogP contribution is 2.42. The van der Waals surface area contributed by atoms with Crippen molar-refractivity contribution in [2.75, 3.05) is 32.9 Å². The Hall–Kier alpha value is -3.11. The normalized spacial score (nSPS) is 11.2. The summed E-state index contributed by atoms with van der Waals surface area (Å²) in [6, 6.07) is 18.3. The van der Waals surface area contributed by atoms with Crippen molar-refractivity contribution in [3.05, 3.63) is 87.8 Å². The van der Waals surface area contributed by atoms with E-state index in [0.717, 1.165) is 5.56 Å². The number of hydrogen-bond acceptors (Lipinski definition) is 7. The van der Waals surface area contributed by atoms with Gasteiger partial charge in [-0.05, 0) is 19.1 Å². The number of aromatic nitrogens is 2. The zero-order valence-corrected chi connectivity index (χ0v) is 23.6. The van der Waals surface area contributed by atoms with Gasteiger partial charge in [0.2, 0.25) is 11.8 Å². The molecule has 0 amide bonds. The number of halogens is 3. The summed E-state index contributed by atoms with van der Waals surface area (Å²) in [5.74, 6) is -0.106. The molecule has 0 bridgehead atoms. The third-order valence-electron chi connectivity index (χ3n) is 6.19. The van der Waals surface area contributed by atoms with Gasteiger partial charge in [-0.2, -0.15) is 4.39 Å². The maximum absolute atomic E-state index is 14.7. The van der Waals surface area contributed by atoms with E-state index >= 15 is 0 Å². The lowest BCUT2D eigenvalue weighted by atomic mass is 9.98. The van der Waals surface area contributed by atoms with Crippen LogP contribution in [-0.4, -0.2) is 53.1 Å². The van der Waals surface area contributed by atoms with Crippen LogP contribution < -0.4 is 15.4 Å². The van der Waals surface area contributed by atoms with Gasteiger partial charge in [-0.1, -0.05) is 71.7 Å². The highest BCUT2D eigenvalue weighted by atomic mass is 35.5. The minimum atomic E-state index is -0.601. The number of nitrogens with zero attached hydrogens (tertiary/aromatic N) is 2. The summed E-state index contributed by atoms with van der Waals surface area (Å²) in [5, 5.41) is 24.9. The van der Waals surface area contributed by atoms with Crippen LogP contribution in [0.4, 0.5) is 4.39 Å². The van der Waals surface area contributed by atoms with Crippen LogP contribution in [0.1, 0.15) is 18.1 Å². The summed E-state index contributed by atoms with van der Waals surface area (Å²) >= 11 is 13.8. The third-order valence-corrected chi connectivity index (χ3v) is 7.01. The van der Waals surface area contributed by atoms with Gasteiger partial charge < -0.3 is 25.6 Å². The summed E-state index contributed by atoms with van der Waals surface area (Å²) in [6.45, 7) is 3.96. The summed E-state index contributed by atoms with van der Waals surface area (Å²) in [5.41, 5.74) is 4.97. The molecule has 4 N–H and O–H groups in total. The third kappa shape index (κ3) is 6.96. The van der Waals surface area contributed by atoms with Crippen molar-refractivity contribution in [1.82, 2.24) is 20.6 Å². The quantitative estimate of drug-likeness (QED) is 0.122. The maximum atomic E-state index is 14.7. The SMILES string of the molecule is CCOc1nc(-c2cccc(-c3cccc(-c4ccc(CNCCO)c(F)n4)c3Cl)c2Cl)ccc1CNCCO. The smallest absolute Gasteiger partial charge is 0.218 e. The molecule has 210 valence electrons. The second kappa shape index (κ2) is 14.5. The summed E-state index contributed by atoms with van der Waals surface area (Å²) < 4.78 is 20.5.